The molecule has 2 aromatic rings. The Bertz CT molecular complexity index is 994. The molecule has 2 aliphatic carbocycles. The molecule has 2 fully saturated rings. The van der Waals surface area contributed by atoms with Gasteiger partial charge in [-0.15, -0.1) is 0 Å². The highest BCUT2D eigenvalue weighted by molar-refractivity contribution is 6.31. The third-order valence-electron chi connectivity index (χ3n) is 7.20. The molecule has 3 N–H and O–H groups in total. The number of halogens is 1. The van der Waals surface area contributed by atoms with Crippen LogP contribution in [-0.2, 0) is 16.1 Å². The number of anilines is 1. The van der Waals surface area contributed by atoms with E-state index in [9.17, 15) is 9.59 Å². The molecule has 0 spiro atoms. The van der Waals surface area contributed by atoms with Crippen LogP contribution < -0.4 is 15.8 Å². The first-order valence-corrected chi connectivity index (χ1v) is 13.2. The van der Waals surface area contributed by atoms with Crippen molar-refractivity contribution in [1.82, 2.24) is 4.90 Å². The summed E-state index contributed by atoms with van der Waals surface area (Å²) in [6.07, 6.45) is 9.35. The van der Waals surface area contributed by atoms with Crippen molar-refractivity contribution >= 4 is 29.1 Å². The van der Waals surface area contributed by atoms with E-state index in [1.165, 1.54) is 6.42 Å². The van der Waals surface area contributed by atoms with E-state index >= 15 is 0 Å². The maximum absolute atomic E-state index is 13.7. The van der Waals surface area contributed by atoms with Crippen LogP contribution in [-0.4, -0.2) is 35.4 Å². The first-order chi connectivity index (χ1) is 17.0. The van der Waals surface area contributed by atoms with Gasteiger partial charge in [-0.2, -0.15) is 0 Å². The predicted molar refractivity (Wildman–Crippen MR) is 139 cm³/mol. The van der Waals surface area contributed by atoms with Crippen molar-refractivity contribution < 1.29 is 14.3 Å². The van der Waals surface area contributed by atoms with Gasteiger partial charge in [-0.05, 0) is 61.6 Å². The van der Waals surface area contributed by atoms with Crippen LogP contribution in [0.5, 0.6) is 5.75 Å². The Kier molecular flexibility index (Phi) is 9.05. The zero-order valence-electron chi connectivity index (χ0n) is 20.3. The zero-order valence-corrected chi connectivity index (χ0v) is 21.0. The Labute approximate surface area is 213 Å². The summed E-state index contributed by atoms with van der Waals surface area (Å²) < 4.78 is 5.54. The van der Waals surface area contributed by atoms with Gasteiger partial charge in [0.25, 0.3) is 5.91 Å². The number of ether oxygens (including phenoxy) is 1. The molecule has 188 valence electrons. The van der Waals surface area contributed by atoms with E-state index < -0.39 is 0 Å². The highest BCUT2D eigenvalue weighted by atomic mass is 35.5. The normalized spacial score (nSPS) is 20.7. The number of nitrogens with two attached hydrogens (primary N) is 1. The predicted octanol–water partition coefficient (Wildman–Crippen LogP) is 5.54. The fourth-order valence-electron chi connectivity index (χ4n) is 5.29. The topological polar surface area (TPSA) is 84.7 Å². The second kappa shape index (κ2) is 12.4. The molecule has 7 heteroatoms. The largest absolute Gasteiger partial charge is 0.484 e. The molecule has 0 radical (unpaired) electrons. The van der Waals surface area contributed by atoms with Gasteiger partial charge in [-0.1, -0.05) is 61.9 Å². The average molecular weight is 498 g/mol. The van der Waals surface area contributed by atoms with Crippen LogP contribution in [0.1, 0.15) is 63.4 Å². The number of hydrogen-bond donors (Lipinski definition) is 2. The molecule has 2 aliphatic rings. The van der Waals surface area contributed by atoms with Gasteiger partial charge in [-0.25, -0.2) is 0 Å². The van der Waals surface area contributed by atoms with E-state index in [0.717, 1.165) is 56.9 Å². The Balaban J connectivity index is 1.47. The summed E-state index contributed by atoms with van der Waals surface area (Å²) >= 11 is 6.58. The number of carbonyl (C=O) groups is 2. The van der Waals surface area contributed by atoms with Crippen molar-refractivity contribution in [1.29, 1.82) is 0 Å². The summed E-state index contributed by atoms with van der Waals surface area (Å²) in [5.41, 5.74) is 7.96. The molecule has 0 saturated heterocycles. The molecule has 35 heavy (non-hydrogen) atoms. The average Bonchev–Trinajstić information content (AvgIpc) is 2.89. The monoisotopic (exact) mass is 497 g/mol. The Hall–Kier alpha value is -2.57. The maximum atomic E-state index is 13.7. The molecule has 4 rings (SSSR count). The van der Waals surface area contributed by atoms with Crippen LogP contribution in [0.15, 0.2) is 48.5 Å². The quantitative estimate of drug-likeness (QED) is 0.501. The van der Waals surface area contributed by atoms with Gasteiger partial charge in [0.15, 0.2) is 6.61 Å². The minimum absolute atomic E-state index is 0.0202. The molecular weight excluding hydrogens is 462 g/mol. The number of para-hydroxylation sites is 1. The second-order valence-electron chi connectivity index (χ2n) is 9.77. The SMILES string of the molecule is NC1CCCCC1N(Cc1cc(NC(=O)COc2ccccc2)ccc1Cl)C(=O)C1CCCCC1. The number of hydrogen-bond acceptors (Lipinski definition) is 4. The summed E-state index contributed by atoms with van der Waals surface area (Å²) in [4.78, 5) is 28.1. The standard InChI is InChI=1S/C28H36ClN3O3/c29-24-16-15-22(31-27(33)19-35-23-11-5-2-6-12-23)17-21(24)18-32(26-14-8-7-13-25(26)30)28(34)20-9-3-1-4-10-20/h2,5-6,11-12,15-17,20,25-26H,1,3-4,7-10,13-14,18-19,30H2,(H,31,33). The minimum Gasteiger partial charge on any atom is -0.484 e. The van der Waals surface area contributed by atoms with E-state index in [-0.39, 0.29) is 36.4 Å². The molecule has 2 saturated carbocycles. The van der Waals surface area contributed by atoms with E-state index in [4.69, 9.17) is 22.1 Å². The van der Waals surface area contributed by atoms with Crippen LogP contribution in [0.4, 0.5) is 5.69 Å². The maximum Gasteiger partial charge on any atom is 0.262 e. The van der Waals surface area contributed by atoms with Crippen LogP contribution in [0.2, 0.25) is 5.02 Å². The third-order valence-corrected chi connectivity index (χ3v) is 7.57. The molecule has 6 nitrogen and oxygen atoms in total. The minimum atomic E-state index is -0.258. The van der Waals surface area contributed by atoms with Crippen molar-refractivity contribution in [2.24, 2.45) is 11.7 Å². The number of carbonyl (C=O) groups excluding carboxylic acids is 2. The van der Waals surface area contributed by atoms with E-state index in [1.54, 1.807) is 12.1 Å². The molecule has 0 heterocycles. The third kappa shape index (κ3) is 6.98. The van der Waals surface area contributed by atoms with Crippen LogP contribution in [0.3, 0.4) is 0 Å². The number of nitrogens with zero attached hydrogens (tertiary/aromatic N) is 1. The molecule has 2 aromatic carbocycles. The van der Waals surface area contributed by atoms with E-state index in [1.807, 2.05) is 41.3 Å². The number of benzene rings is 2. The van der Waals surface area contributed by atoms with Gasteiger partial charge in [0, 0.05) is 35.3 Å². The van der Waals surface area contributed by atoms with Gasteiger partial charge >= 0.3 is 0 Å². The van der Waals surface area contributed by atoms with Gasteiger partial charge in [0.1, 0.15) is 5.75 Å². The molecular formula is C28H36ClN3O3. The van der Waals surface area contributed by atoms with Gasteiger partial charge in [0.05, 0.1) is 0 Å². The number of rotatable bonds is 8. The summed E-state index contributed by atoms with van der Waals surface area (Å²) in [6.45, 7) is 0.307. The van der Waals surface area contributed by atoms with Crippen molar-refractivity contribution in [2.75, 3.05) is 11.9 Å². The highest BCUT2D eigenvalue weighted by Gasteiger charge is 2.35. The lowest BCUT2D eigenvalue weighted by molar-refractivity contribution is -0.141. The lowest BCUT2D eigenvalue weighted by Crippen LogP contribution is -2.53. The second-order valence-corrected chi connectivity index (χ2v) is 10.2. The van der Waals surface area contributed by atoms with Crippen molar-refractivity contribution in [3.05, 3.63) is 59.1 Å². The summed E-state index contributed by atoms with van der Waals surface area (Å²) in [6, 6.07) is 14.6. The Morgan fingerprint density at radius 1 is 0.971 bits per heavy atom. The van der Waals surface area contributed by atoms with E-state index in [0.29, 0.717) is 23.0 Å². The fourth-order valence-corrected chi connectivity index (χ4v) is 5.47. The lowest BCUT2D eigenvalue weighted by Gasteiger charge is -2.41. The first-order valence-electron chi connectivity index (χ1n) is 12.8. The zero-order chi connectivity index (χ0) is 24.6. The highest BCUT2D eigenvalue weighted by Crippen LogP contribution is 2.32. The molecule has 2 amide bonds. The molecule has 2 atom stereocenters. The lowest BCUT2D eigenvalue weighted by atomic mass is 9.85. The summed E-state index contributed by atoms with van der Waals surface area (Å²) in [5, 5.41) is 3.46. The number of nitrogens with one attached hydrogen (secondary N) is 1. The van der Waals surface area contributed by atoms with Crippen molar-refractivity contribution in [3.63, 3.8) is 0 Å². The first kappa shape index (κ1) is 25.5. The van der Waals surface area contributed by atoms with Crippen LogP contribution in [0, 0.1) is 5.92 Å². The summed E-state index contributed by atoms with van der Waals surface area (Å²) in [7, 11) is 0. The summed E-state index contributed by atoms with van der Waals surface area (Å²) in [5.74, 6) is 0.648. The van der Waals surface area contributed by atoms with Gasteiger partial charge in [0.2, 0.25) is 5.91 Å². The molecule has 2 unspecified atom stereocenters. The van der Waals surface area contributed by atoms with Crippen LogP contribution >= 0.6 is 11.6 Å². The Morgan fingerprint density at radius 3 is 2.43 bits per heavy atom. The van der Waals surface area contributed by atoms with Crippen molar-refractivity contribution in [2.45, 2.75) is 76.4 Å². The van der Waals surface area contributed by atoms with Gasteiger partial charge in [-0.3, -0.25) is 9.59 Å². The van der Waals surface area contributed by atoms with Crippen LogP contribution in [0.25, 0.3) is 0 Å². The fraction of sp³-hybridized carbons (Fsp3) is 0.500. The Morgan fingerprint density at radius 2 is 1.69 bits per heavy atom. The van der Waals surface area contributed by atoms with Crippen molar-refractivity contribution in [3.8, 4) is 5.75 Å². The molecule has 0 aliphatic heterocycles. The number of amides is 2. The molecule has 0 bridgehead atoms. The smallest absolute Gasteiger partial charge is 0.262 e. The molecule has 0 aromatic heterocycles. The van der Waals surface area contributed by atoms with E-state index in [2.05, 4.69) is 5.32 Å². The van der Waals surface area contributed by atoms with Gasteiger partial charge < -0.3 is 20.7 Å².